The molecule has 1 aromatic carbocycles. The third kappa shape index (κ3) is 1.84. The van der Waals surface area contributed by atoms with E-state index in [0.717, 1.165) is 0 Å². The van der Waals surface area contributed by atoms with Gasteiger partial charge in [-0.25, -0.2) is 9.97 Å². The normalized spacial score (nSPS) is 10.7. The number of benzene rings is 1. The van der Waals surface area contributed by atoms with Crippen molar-refractivity contribution >= 4 is 17.3 Å². The molecule has 0 amide bonds. The molecule has 3 aromatic rings. The van der Waals surface area contributed by atoms with Crippen LogP contribution in [0.25, 0.3) is 17.0 Å². The minimum Gasteiger partial charge on any atom is -0.760 e. The Labute approximate surface area is 112 Å². The third-order valence-electron chi connectivity index (χ3n) is 2.85. The Morgan fingerprint density at radius 3 is 2.65 bits per heavy atom. The van der Waals surface area contributed by atoms with Crippen LogP contribution in [-0.4, -0.2) is 19.3 Å². The van der Waals surface area contributed by atoms with Crippen LogP contribution in [0.1, 0.15) is 0 Å². The Hall–Kier alpha value is -3.00. The van der Waals surface area contributed by atoms with Crippen molar-refractivity contribution in [3.63, 3.8) is 0 Å². The van der Waals surface area contributed by atoms with E-state index in [4.69, 9.17) is 0 Å². The van der Waals surface area contributed by atoms with E-state index < -0.39 is 4.92 Å². The van der Waals surface area contributed by atoms with Crippen molar-refractivity contribution < 1.29 is 4.92 Å². The van der Waals surface area contributed by atoms with Gasteiger partial charge in [0.15, 0.2) is 0 Å². The molecule has 0 saturated carbocycles. The number of anilines is 1. The Bertz CT molecular complexity index is 781. The molecule has 3 rings (SSSR count). The van der Waals surface area contributed by atoms with Gasteiger partial charge in [-0.15, -0.1) is 0 Å². The monoisotopic (exact) mass is 270 g/mol. The minimum atomic E-state index is -0.484. The Kier molecular flexibility index (Phi) is 2.77. The summed E-state index contributed by atoms with van der Waals surface area (Å²) in [6.45, 7) is 0. The number of nitrogens with zero attached hydrogens (tertiary/aromatic N) is 4. The zero-order valence-corrected chi connectivity index (χ0v) is 10.1. The van der Waals surface area contributed by atoms with E-state index in [-0.39, 0.29) is 11.5 Å². The highest BCUT2D eigenvalue weighted by Gasteiger charge is 2.13. The minimum absolute atomic E-state index is 0.0210. The van der Waals surface area contributed by atoms with Gasteiger partial charge in [0.1, 0.15) is 11.5 Å². The Morgan fingerprint density at radius 2 is 2.00 bits per heavy atom. The van der Waals surface area contributed by atoms with Gasteiger partial charge in [0.25, 0.3) is 5.69 Å². The summed E-state index contributed by atoms with van der Waals surface area (Å²) >= 11 is 0. The van der Waals surface area contributed by atoms with Gasteiger partial charge in [-0.3, -0.25) is 14.5 Å². The Balaban J connectivity index is 2.16. The van der Waals surface area contributed by atoms with Crippen LogP contribution in [0.15, 0.2) is 42.7 Å². The number of nitro groups is 1. The predicted molar refractivity (Wildman–Crippen MR) is 72.1 cm³/mol. The van der Waals surface area contributed by atoms with Crippen molar-refractivity contribution in [2.45, 2.75) is 0 Å². The number of rotatable bonds is 3. The summed E-state index contributed by atoms with van der Waals surface area (Å²) in [4.78, 5) is 18.4. The van der Waals surface area contributed by atoms with Crippen molar-refractivity contribution in [2.75, 3.05) is 5.48 Å². The number of nitro benzene ring substituents is 1. The van der Waals surface area contributed by atoms with Crippen molar-refractivity contribution in [3.05, 3.63) is 58.0 Å². The average Bonchev–Trinajstić information content (AvgIpc) is 2.85. The number of hydrogen-bond acceptors (Lipinski definition) is 6. The Morgan fingerprint density at radius 1 is 1.25 bits per heavy atom. The number of imidazole rings is 1. The smallest absolute Gasteiger partial charge is 0.269 e. The summed E-state index contributed by atoms with van der Waals surface area (Å²) in [5, 5.41) is 21.8. The lowest BCUT2D eigenvalue weighted by Gasteiger charge is -2.10. The van der Waals surface area contributed by atoms with Gasteiger partial charge < -0.3 is 10.7 Å². The fraction of sp³-hybridized carbons (Fsp3) is 0. The molecule has 8 nitrogen and oxygen atoms in total. The summed E-state index contributed by atoms with van der Waals surface area (Å²) in [6.07, 6.45) is 3.22. The summed E-state index contributed by atoms with van der Waals surface area (Å²) in [6, 6.07) is 7.49. The highest BCUT2D eigenvalue weighted by atomic mass is 16.6. The van der Waals surface area contributed by atoms with E-state index in [0.29, 0.717) is 17.0 Å². The van der Waals surface area contributed by atoms with Crippen molar-refractivity contribution in [1.29, 1.82) is 0 Å². The summed E-state index contributed by atoms with van der Waals surface area (Å²) in [5.41, 5.74) is 2.80. The molecule has 8 heteroatoms. The maximum absolute atomic E-state index is 11.1. The second-order valence-corrected chi connectivity index (χ2v) is 4.00. The molecule has 2 heterocycles. The lowest BCUT2D eigenvalue weighted by atomic mass is 10.1. The van der Waals surface area contributed by atoms with E-state index >= 15 is 0 Å². The number of non-ortho nitro benzene ring substituents is 1. The second kappa shape index (κ2) is 4.59. The highest BCUT2D eigenvalue weighted by Crippen LogP contribution is 2.29. The summed E-state index contributed by atoms with van der Waals surface area (Å²) < 4.78 is 1.52. The van der Waals surface area contributed by atoms with Crippen LogP contribution in [0.2, 0.25) is 0 Å². The molecule has 0 atom stereocenters. The standard InChI is InChI=1S/C12H8N5O3/c18-15-11-10(14-12-13-6-1-7-16(11)12)8-2-4-9(5-3-8)17(19)20/h1-7,15H/q-1. The fourth-order valence-electron chi connectivity index (χ4n) is 1.93. The number of fused-ring (bicyclic) bond motifs is 1. The zero-order valence-electron chi connectivity index (χ0n) is 10.1. The predicted octanol–water partition coefficient (Wildman–Crippen LogP) is 2.21. The molecular weight excluding hydrogens is 262 g/mol. The number of aromatic nitrogens is 3. The van der Waals surface area contributed by atoms with E-state index in [2.05, 4.69) is 9.97 Å². The fourth-order valence-corrected chi connectivity index (χ4v) is 1.93. The lowest BCUT2D eigenvalue weighted by molar-refractivity contribution is -0.384. The zero-order chi connectivity index (χ0) is 14.1. The third-order valence-corrected chi connectivity index (χ3v) is 2.85. The van der Waals surface area contributed by atoms with Gasteiger partial charge in [-0.1, -0.05) is 0 Å². The van der Waals surface area contributed by atoms with E-state index in [1.807, 2.05) is 5.48 Å². The molecule has 0 radical (unpaired) electrons. The molecule has 0 fully saturated rings. The van der Waals surface area contributed by atoms with Gasteiger partial charge >= 0.3 is 0 Å². The van der Waals surface area contributed by atoms with Gasteiger partial charge in [-0.05, 0) is 18.2 Å². The van der Waals surface area contributed by atoms with E-state index in [1.54, 1.807) is 30.6 Å². The quantitative estimate of drug-likeness (QED) is 0.577. The van der Waals surface area contributed by atoms with Gasteiger partial charge in [0.2, 0.25) is 5.78 Å². The van der Waals surface area contributed by atoms with Crippen molar-refractivity contribution in [3.8, 4) is 11.3 Å². The first-order valence-corrected chi connectivity index (χ1v) is 5.67. The first-order valence-electron chi connectivity index (χ1n) is 5.67. The van der Waals surface area contributed by atoms with Crippen molar-refractivity contribution in [2.24, 2.45) is 0 Å². The van der Waals surface area contributed by atoms with E-state index in [1.165, 1.54) is 16.5 Å². The summed E-state index contributed by atoms with van der Waals surface area (Å²) in [5.74, 6) is 0.612. The van der Waals surface area contributed by atoms with Crippen LogP contribution in [0.4, 0.5) is 11.5 Å². The SMILES string of the molecule is O=[N+]([O-])c1ccc(-c2nc3ncccn3c2N[O-])cc1. The molecule has 0 unspecified atom stereocenters. The van der Waals surface area contributed by atoms with Crippen molar-refractivity contribution in [1.82, 2.24) is 14.4 Å². The highest BCUT2D eigenvalue weighted by molar-refractivity contribution is 5.76. The molecule has 20 heavy (non-hydrogen) atoms. The molecule has 0 aliphatic rings. The van der Waals surface area contributed by atoms with Crippen LogP contribution in [-0.2, 0) is 0 Å². The number of hydrogen-bond donors (Lipinski definition) is 1. The molecule has 0 spiro atoms. The van der Waals surface area contributed by atoms with Gasteiger partial charge in [-0.2, -0.15) is 0 Å². The molecule has 0 saturated heterocycles. The first-order chi connectivity index (χ1) is 9.70. The van der Waals surface area contributed by atoms with Gasteiger partial charge in [0.05, 0.1) is 4.92 Å². The largest absolute Gasteiger partial charge is 0.760 e. The average molecular weight is 270 g/mol. The molecule has 1 N–H and O–H groups in total. The maximum Gasteiger partial charge on any atom is 0.269 e. The molecule has 0 aliphatic heterocycles. The lowest BCUT2D eigenvalue weighted by Crippen LogP contribution is -1.94. The number of nitrogens with one attached hydrogen (secondary N) is 1. The molecule has 0 bridgehead atoms. The van der Waals surface area contributed by atoms with Crippen LogP contribution >= 0.6 is 0 Å². The van der Waals surface area contributed by atoms with Crippen LogP contribution in [0, 0.1) is 15.3 Å². The molecule has 0 aliphatic carbocycles. The van der Waals surface area contributed by atoms with Crippen LogP contribution in [0.3, 0.4) is 0 Å². The second-order valence-electron chi connectivity index (χ2n) is 4.00. The maximum atomic E-state index is 11.1. The molecule has 2 aromatic heterocycles. The van der Waals surface area contributed by atoms with Crippen LogP contribution in [0.5, 0.6) is 0 Å². The van der Waals surface area contributed by atoms with E-state index in [9.17, 15) is 15.3 Å². The molecule has 100 valence electrons. The molecular formula is C12H8N5O3-. The topological polar surface area (TPSA) is 108 Å². The first kappa shape index (κ1) is 12.1. The summed E-state index contributed by atoms with van der Waals surface area (Å²) in [7, 11) is 0. The van der Waals surface area contributed by atoms with Crippen LogP contribution < -0.4 is 5.48 Å². The van der Waals surface area contributed by atoms with Gasteiger partial charge in [0, 0.05) is 30.1 Å².